The van der Waals surface area contributed by atoms with Crippen LogP contribution in [0.3, 0.4) is 0 Å². The van der Waals surface area contributed by atoms with Gasteiger partial charge in [-0.25, -0.2) is 4.68 Å². The number of hydrogen-bond donors (Lipinski definition) is 0. The minimum absolute atomic E-state index is 0.0636. The second kappa shape index (κ2) is 7.29. The number of nitrogens with zero attached hydrogens (tertiary/aromatic N) is 4. The topological polar surface area (TPSA) is 67.7 Å². The first kappa shape index (κ1) is 16.3. The van der Waals surface area contributed by atoms with Crippen molar-refractivity contribution in [3.63, 3.8) is 0 Å². The third-order valence-electron chi connectivity index (χ3n) is 3.79. The van der Waals surface area contributed by atoms with Gasteiger partial charge in [-0.15, -0.1) is 0 Å². The van der Waals surface area contributed by atoms with Gasteiger partial charge in [0, 0.05) is 40.3 Å². The number of aryl methyl sites for hydroxylation is 1. The van der Waals surface area contributed by atoms with Crippen LogP contribution < -0.4 is 4.74 Å². The van der Waals surface area contributed by atoms with Gasteiger partial charge >= 0.3 is 0 Å². The maximum Gasteiger partial charge on any atom is 0.274 e. The molecule has 122 valence electrons. The van der Waals surface area contributed by atoms with E-state index in [1.165, 1.54) is 22.4 Å². The lowest BCUT2D eigenvalue weighted by molar-refractivity contribution is -0.130. The molecule has 1 saturated heterocycles. The molecule has 0 spiro atoms. The number of amides is 2. The summed E-state index contributed by atoms with van der Waals surface area (Å²) in [6, 6.07) is 1.61. The normalized spacial score (nSPS) is 15.3. The molecule has 2 amide bonds. The fourth-order valence-corrected chi connectivity index (χ4v) is 2.39. The predicted molar refractivity (Wildman–Crippen MR) is 81.8 cm³/mol. The van der Waals surface area contributed by atoms with E-state index in [0.29, 0.717) is 11.6 Å². The molecule has 2 rings (SSSR count). The number of aromatic nitrogens is 2. The van der Waals surface area contributed by atoms with Crippen molar-refractivity contribution < 1.29 is 14.3 Å². The highest BCUT2D eigenvalue weighted by Crippen LogP contribution is 2.16. The van der Waals surface area contributed by atoms with Crippen LogP contribution in [0.2, 0.25) is 0 Å². The minimum Gasteiger partial charge on any atom is -0.468 e. The highest BCUT2D eigenvalue weighted by Gasteiger charge is 2.21. The molecule has 1 aliphatic heterocycles. The van der Waals surface area contributed by atoms with Crippen LogP contribution in [0.4, 0.5) is 0 Å². The van der Waals surface area contributed by atoms with Gasteiger partial charge in [0.05, 0.1) is 0 Å². The second-order valence-corrected chi connectivity index (χ2v) is 5.77. The zero-order chi connectivity index (χ0) is 16.1. The highest BCUT2D eigenvalue weighted by molar-refractivity contribution is 5.92. The van der Waals surface area contributed by atoms with Crippen molar-refractivity contribution in [2.24, 2.45) is 7.05 Å². The van der Waals surface area contributed by atoms with E-state index >= 15 is 0 Å². The Bertz CT molecular complexity index is 531. The van der Waals surface area contributed by atoms with E-state index in [1.807, 2.05) is 4.90 Å². The first-order chi connectivity index (χ1) is 10.5. The van der Waals surface area contributed by atoms with Crippen molar-refractivity contribution in [1.82, 2.24) is 19.6 Å². The van der Waals surface area contributed by atoms with Crippen LogP contribution in [0.1, 0.15) is 36.2 Å². The first-order valence-corrected chi connectivity index (χ1v) is 7.65. The largest absolute Gasteiger partial charge is 0.468 e. The zero-order valence-corrected chi connectivity index (χ0v) is 13.5. The Morgan fingerprint density at radius 3 is 2.45 bits per heavy atom. The second-order valence-electron chi connectivity index (χ2n) is 5.77. The Balaban J connectivity index is 2.01. The first-order valence-electron chi connectivity index (χ1n) is 7.65. The van der Waals surface area contributed by atoms with E-state index in [1.54, 1.807) is 27.2 Å². The van der Waals surface area contributed by atoms with E-state index < -0.39 is 0 Å². The third-order valence-corrected chi connectivity index (χ3v) is 3.79. The standard InChI is InChI=1S/C15H24N4O3/c1-17(2)13(20)11-22-14-10-12(16-18(14)3)15(21)19-8-6-4-5-7-9-19/h10H,4-9,11H2,1-3H3. The number of ether oxygens (including phenoxy) is 1. The van der Waals surface area contributed by atoms with Gasteiger partial charge in [0.1, 0.15) is 0 Å². The van der Waals surface area contributed by atoms with Gasteiger partial charge in [0.15, 0.2) is 12.3 Å². The van der Waals surface area contributed by atoms with Gasteiger partial charge in [0.25, 0.3) is 11.8 Å². The van der Waals surface area contributed by atoms with Gasteiger partial charge < -0.3 is 14.5 Å². The molecule has 0 saturated carbocycles. The van der Waals surface area contributed by atoms with Crippen LogP contribution in [0, 0.1) is 0 Å². The Kier molecular flexibility index (Phi) is 5.41. The Morgan fingerprint density at radius 1 is 1.23 bits per heavy atom. The molecule has 1 aromatic heterocycles. The van der Waals surface area contributed by atoms with Crippen molar-refractivity contribution >= 4 is 11.8 Å². The van der Waals surface area contributed by atoms with E-state index in [2.05, 4.69) is 5.10 Å². The fraction of sp³-hybridized carbons (Fsp3) is 0.667. The summed E-state index contributed by atoms with van der Waals surface area (Å²) in [5.41, 5.74) is 0.372. The SMILES string of the molecule is CN(C)C(=O)COc1cc(C(=O)N2CCCCCC2)nn1C. The number of likely N-dealkylation sites (tertiary alicyclic amines) is 1. The molecule has 7 nitrogen and oxygen atoms in total. The van der Waals surface area contributed by atoms with Crippen LogP contribution in [-0.4, -0.2) is 65.2 Å². The summed E-state index contributed by atoms with van der Waals surface area (Å²) in [5.74, 6) is 0.223. The summed E-state index contributed by atoms with van der Waals surface area (Å²) >= 11 is 0. The van der Waals surface area contributed by atoms with Gasteiger partial charge in [0.2, 0.25) is 5.88 Å². The Morgan fingerprint density at radius 2 is 1.86 bits per heavy atom. The molecule has 22 heavy (non-hydrogen) atoms. The van der Waals surface area contributed by atoms with Crippen molar-refractivity contribution in [3.8, 4) is 5.88 Å². The number of rotatable bonds is 4. The molecular formula is C15H24N4O3. The minimum atomic E-state index is -0.137. The fourth-order valence-electron chi connectivity index (χ4n) is 2.39. The lowest BCUT2D eigenvalue weighted by atomic mass is 10.2. The maximum atomic E-state index is 12.5. The highest BCUT2D eigenvalue weighted by atomic mass is 16.5. The van der Waals surface area contributed by atoms with Crippen molar-refractivity contribution in [1.29, 1.82) is 0 Å². The summed E-state index contributed by atoms with van der Waals surface area (Å²) in [7, 11) is 5.04. The van der Waals surface area contributed by atoms with Crippen LogP contribution in [0.15, 0.2) is 6.07 Å². The molecule has 7 heteroatoms. The summed E-state index contributed by atoms with van der Waals surface area (Å²) < 4.78 is 6.94. The Labute approximate surface area is 130 Å². The zero-order valence-electron chi connectivity index (χ0n) is 13.5. The average molecular weight is 308 g/mol. The quantitative estimate of drug-likeness (QED) is 0.829. The predicted octanol–water partition coefficient (Wildman–Crippen LogP) is 0.903. The molecule has 1 fully saturated rings. The van der Waals surface area contributed by atoms with Crippen molar-refractivity contribution in [3.05, 3.63) is 11.8 Å². The van der Waals surface area contributed by atoms with E-state index in [9.17, 15) is 9.59 Å². The maximum absolute atomic E-state index is 12.5. The van der Waals surface area contributed by atoms with Gasteiger partial charge in [-0.1, -0.05) is 12.8 Å². The molecule has 0 radical (unpaired) electrons. The van der Waals surface area contributed by atoms with Gasteiger partial charge in [-0.05, 0) is 12.8 Å². The molecular weight excluding hydrogens is 284 g/mol. The summed E-state index contributed by atoms with van der Waals surface area (Å²) in [4.78, 5) is 27.3. The lowest BCUT2D eigenvalue weighted by Crippen LogP contribution is -2.32. The summed E-state index contributed by atoms with van der Waals surface area (Å²) in [5, 5.41) is 4.21. The van der Waals surface area contributed by atoms with Gasteiger partial charge in [-0.3, -0.25) is 9.59 Å². The Hall–Kier alpha value is -2.05. The van der Waals surface area contributed by atoms with E-state index in [-0.39, 0.29) is 18.4 Å². The van der Waals surface area contributed by atoms with Crippen LogP contribution in [-0.2, 0) is 11.8 Å². The summed E-state index contributed by atoms with van der Waals surface area (Å²) in [6.45, 7) is 1.50. The number of carbonyl (C=O) groups is 2. The van der Waals surface area contributed by atoms with Crippen LogP contribution in [0.25, 0.3) is 0 Å². The summed E-state index contributed by atoms with van der Waals surface area (Å²) in [6.07, 6.45) is 4.43. The number of hydrogen-bond acceptors (Lipinski definition) is 4. The molecule has 0 aliphatic carbocycles. The number of carbonyl (C=O) groups excluding carboxylic acids is 2. The van der Waals surface area contributed by atoms with E-state index in [0.717, 1.165) is 25.9 Å². The average Bonchev–Trinajstić information content (AvgIpc) is 2.70. The molecule has 1 aliphatic rings. The van der Waals surface area contributed by atoms with E-state index in [4.69, 9.17) is 4.74 Å². The third kappa shape index (κ3) is 3.99. The number of likely N-dealkylation sites (N-methyl/N-ethyl adjacent to an activating group) is 1. The molecule has 0 N–H and O–H groups in total. The van der Waals surface area contributed by atoms with Crippen molar-refractivity contribution in [2.45, 2.75) is 25.7 Å². The molecule has 0 atom stereocenters. The van der Waals surface area contributed by atoms with Crippen LogP contribution in [0.5, 0.6) is 5.88 Å². The van der Waals surface area contributed by atoms with Gasteiger partial charge in [-0.2, -0.15) is 5.10 Å². The molecule has 0 aromatic carbocycles. The molecule has 2 heterocycles. The van der Waals surface area contributed by atoms with Crippen molar-refractivity contribution in [2.75, 3.05) is 33.8 Å². The lowest BCUT2D eigenvalue weighted by Gasteiger charge is -2.18. The molecule has 0 unspecified atom stereocenters. The monoisotopic (exact) mass is 308 g/mol. The van der Waals surface area contributed by atoms with Crippen LogP contribution >= 0.6 is 0 Å². The molecule has 0 bridgehead atoms. The molecule has 1 aromatic rings. The smallest absolute Gasteiger partial charge is 0.274 e.